The molecule has 0 saturated heterocycles. The maximum atomic E-state index is 12.1. The molecule has 24 heavy (non-hydrogen) atoms. The average molecular weight is 361 g/mol. The summed E-state index contributed by atoms with van der Waals surface area (Å²) in [4.78, 5) is 16.3. The summed E-state index contributed by atoms with van der Waals surface area (Å²) < 4.78 is 6.94. The number of ether oxygens (including phenoxy) is 1. The summed E-state index contributed by atoms with van der Waals surface area (Å²) >= 11 is 12.4. The summed E-state index contributed by atoms with van der Waals surface area (Å²) in [5.74, 6) is 0.616. The van der Waals surface area contributed by atoms with E-state index >= 15 is 0 Å². The zero-order chi connectivity index (χ0) is 17.1. The van der Waals surface area contributed by atoms with Gasteiger partial charge in [-0.05, 0) is 23.8 Å². The van der Waals surface area contributed by atoms with Crippen LogP contribution in [-0.2, 0) is 6.54 Å². The van der Waals surface area contributed by atoms with E-state index in [-0.39, 0.29) is 5.75 Å². The topological polar surface area (TPSA) is 44.1 Å². The lowest BCUT2D eigenvalue weighted by Crippen LogP contribution is -2.17. The fourth-order valence-electron chi connectivity index (χ4n) is 2.40. The van der Waals surface area contributed by atoms with E-state index in [1.807, 2.05) is 34.9 Å². The van der Waals surface area contributed by atoms with Gasteiger partial charge in [-0.25, -0.2) is 0 Å². The molecule has 0 spiro atoms. The molecule has 1 heterocycles. The third-order valence-corrected chi connectivity index (χ3v) is 4.11. The first-order valence-electron chi connectivity index (χ1n) is 7.23. The van der Waals surface area contributed by atoms with Gasteiger partial charge in [0.25, 0.3) is 0 Å². The van der Waals surface area contributed by atoms with Crippen molar-refractivity contribution in [1.82, 2.24) is 9.55 Å². The molecular formula is C18H14Cl2N2O2. The Morgan fingerprint density at radius 2 is 1.88 bits per heavy atom. The highest BCUT2D eigenvalue weighted by atomic mass is 35.5. The zero-order valence-electron chi connectivity index (χ0n) is 12.9. The van der Waals surface area contributed by atoms with Crippen LogP contribution < -0.4 is 10.3 Å². The van der Waals surface area contributed by atoms with Gasteiger partial charge in [-0.3, -0.25) is 4.79 Å². The van der Waals surface area contributed by atoms with Crippen LogP contribution in [0.1, 0.15) is 5.56 Å². The Hall–Kier alpha value is -2.30. The third-order valence-electron chi connectivity index (χ3n) is 3.55. The molecule has 0 amide bonds. The van der Waals surface area contributed by atoms with Crippen LogP contribution in [0, 0.1) is 0 Å². The van der Waals surface area contributed by atoms with E-state index in [2.05, 4.69) is 4.98 Å². The van der Waals surface area contributed by atoms with Gasteiger partial charge in [0.1, 0.15) is 5.82 Å². The van der Waals surface area contributed by atoms with Crippen LogP contribution in [0.4, 0.5) is 0 Å². The number of nitrogens with zero attached hydrogens (tertiary/aromatic N) is 2. The van der Waals surface area contributed by atoms with Gasteiger partial charge in [-0.2, -0.15) is 4.98 Å². The molecule has 3 aromatic rings. The molecule has 0 aliphatic rings. The summed E-state index contributed by atoms with van der Waals surface area (Å²) in [6.45, 7) is 0.517. The second kappa shape index (κ2) is 7.07. The van der Waals surface area contributed by atoms with Crippen LogP contribution >= 0.6 is 23.2 Å². The number of hydrogen-bond acceptors (Lipinski definition) is 3. The van der Waals surface area contributed by atoms with Gasteiger partial charge >= 0.3 is 5.56 Å². The van der Waals surface area contributed by atoms with Crippen LogP contribution in [0.3, 0.4) is 0 Å². The second-order valence-electron chi connectivity index (χ2n) is 5.18. The molecule has 0 radical (unpaired) electrons. The smallest absolute Gasteiger partial charge is 0.315 e. The van der Waals surface area contributed by atoms with Gasteiger partial charge in [-0.15, -0.1) is 0 Å². The molecule has 2 aromatic carbocycles. The van der Waals surface area contributed by atoms with Crippen molar-refractivity contribution >= 4 is 23.2 Å². The molecule has 0 N–H and O–H groups in total. The van der Waals surface area contributed by atoms with E-state index in [0.29, 0.717) is 28.0 Å². The lowest BCUT2D eigenvalue weighted by Gasteiger charge is -2.15. The lowest BCUT2D eigenvalue weighted by atomic mass is 10.2. The molecule has 6 heteroatoms. The van der Waals surface area contributed by atoms with Gasteiger partial charge in [0.15, 0.2) is 0 Å². The van der Waals surface area contributed by atoms with Crippen molar-refractivity contribution in [3.63, 3.8) is 0 Å². The Kier molecular flexibility index (Phi) is 4.88. The Balaban J connectivity index is 2.18. The Morgan fingerprint density at radius 3 is 2.58 bits per heavy atom. The highest BCUT2D eigenvalue weighted by Gasteiger charge is 2.14. The average Bonchev–Trinajstić information content (AvgIpc) is 2.59. The molecule has 0 saturated carbocycles. The van der Waals surface area contributed by atoms with Crippen LogP contribution in [0.25, 0.3) is 11.4 Å². The maximum Gasteiger partial charge on any atom is 0.315 e. The molecule has 0 bridgehead atoms. The van der Waals surface area contributed by atoms with Crippen molar-refractivity contribution < 1.29 is 4.74 Å². The molecular weight excluding hydrogens is 347 g/mol. The van der Waals surface area contributed by atoms with Crippen LogP contribution in [0.15, 0.2) is 59.5 Å². The van der Waals surface area contributed by atoms with Gasteiger partial charge in [-0.1, -0.05) is 53.5 Å². The number of hydrogen-bond donors (Lipinski definition) is 0. The molecule has 0 atom stereocenters. The number of aromatic nitrogens is 2. The van der Waals surface area contributed by atoms with Crippen LogP contribution in [-0.4, -0.2) is 16.7 Å². The first-order chi connectivity index (χ1) is 11.6. The van der Waals surface area contributed by atoms with Gasteiger partial charge in [0.2, 0.25) is 5.75 Å². The molecule has 1 aromatic heterocycles. The highest BCUT2D eigenvalue weighted by Crippen LogP contribution is 2.29. The summed E-state index contributed by atoms with van der Waals surface area (Å²) in [5, 5.41) is 0.990. The zero-order valence-corrected chi connectivity index (χ0v) is 14.4. The summed E-state index contributed by atoms with van der Waals surface area (Å²) in [7, 11) is 1.44. The monoisotopic (exact) mass is 360 g/mol. The Bertz CT molecular complexity index is 924. The third kappa shape index (κ3) is 3.45. The van der Waals surface area contributed by atoms with Gasteiger partial charge in [0.05, 0.1) is 18.3 Å². The fourth-order valence-corrected chi connectivity index (χ4v) is 2.77. The standard InChI is InChI=1S/C18H14Cl2N2O2/c1-24-16-11-22(10-12-5-3-2-4-6-12)17(21-18(16)23)14-9-13(19)7-8-15(14)20/h2-9,11H,10H2,1H3. The fraction of sp³-hybridized carbons (Fsp3) is 0.111. The lowest BCUT2D eigenvalue weighted by molar-refractivity contribution is 0.402. The second-order valence-corrected chi connectivity index (χ2v) is 6.02. The molecule has 122 valence electrons. The number of methoxy groups -OCH3 is 1. The van der Waals surface area contributed by atoms with Crippen molar-refractivity contribution in [1.29, 1.82) is 0 Å². The van der Waals surface area contributed by atoms with E-state index in [1.165, 1.54) is 7.11 Å². The van der Waals surface area contributed by atoms with Crippen LogP contribution in [0.2, 0.25) is 10.0 Å². The minimum atomic E-state index is -0.451. The normalized spacial score (nSPS) is 10.6. The largest absolute Gasteiger partial charge is 0.490 e. The number of rotatable bonds is 4. The number of benzene rings is 2. The minimum absolute atomic E-state index is 0.174. The Morgan fingerprint density at radius 1 is 1.12 bits per heavy atom. The highest BCUT2D eigenvalue weighted by molar-refractivity contribution is 6.35. The van der Waals surface area contributed by atoms with E-state index in [4.69, 9.17) is 27.9 Å². The van der Waals surface area contributed by atoms with Gasteiger partial charge < -0.3 is 9.30 Å². The SMILES string of the molecule is COc1cn(Cc2ccccc2)c(-c2cc(Cl)ccc2Cl)nc1=O. The van der Waals surface area contributed by atoms with Crippen molar-refractivity contribution in [2.24, 2.45) is 0 Å². The van der Waals surface area contributed by atoms with Crippen molar-refractivity contribution in [2.45, 2.75) is 6.54 Å². The number of halogens is 2. The maximum absolute atomic E-state index is 12.1. The van der Waals surface area contributed by atoms with Crippen LogP contribution in [0.5, 0.6) is 5.75 Å². The Labute approximate surface area is 149 Å². The quantitative estimate of drug-likeness (QED) is 0.697. The van der Waals surface area contributed by atoms with Crippen molar-refractivity contribution in [3.8, 4) is 17.1 Å². The summed E-state index contributed by atoms with van der Waals surface area (Å²) in [6.07, 6.45) is 1.63. The first-order valence-corrected chi connectivity index (χ1v) is 7.99. The van der Waals surface area contributed by atoms with Crippen molar-refractivity contribution in [3.05, 3.63) is 80.7 Å². The minimum Gasteiger partial charge on any atom is -0.490 e. The predicted molar refractivity (Wildman–Crippen MR) is 96.0 cm³/mol. The molecule has 0 unspecified atom stereocenters. The first kappa shape index (κ1) is 16.6. The molecule has 0 aliphatic heterocycles. The summed E-state index contributed by atoms with van der Waals surface area (Å²) in [5.41, 5.74) is 1.21. The van der Waals surface area contributed by atoms with Crippen molar-refractivity contribution in [2.75, 3.05) is 7.11 Å². The van der Waals surface area contributed by atoms with E-state index in [0.717, 1.165) is 5.56 Å². The molecule has 0 fully saturated rings. The molecule has 3 rings (SSSR count). The summed E-state index contributed by atoms with van der Waals surface area (Å²) in [6, 6.07) is 14.9. The molecule has 0 aliphatic carbocycles. The predicted octanol–water partition coefficient (Wildman–Crippen LogP) is 4.27. The van der Waals surface area contributed by atoms with E-state index < -0.39 is 5.56 Å². The van der Waals surface area contributed by atoms with Gasteiger partial charge in [0, 0.05) is 17.1 Å². The molecule has 4 nitrogen and oxygen atoms in total. The van der Waals surface area contributed by atoms with E-state index in [9.17, 15) is 4.79 Å². The van der Waals surface area contributed by atoms with E-state index in [1.54, 1.807) is 24.4 Å².